The van der Waals surface area contributed by atoms with Gasteiger partial charge in [0, 0.05) is 0 Å². The third-order valence-electron chi connectivity index (χ3n) is 9.77. The summed E-state index contributed by atoms with van der Waals surface area (Å²) in [7, 11) is 0. The molecule has 0 N–H and O–H groups in total. The van der Waals surface area contributed by atoms with Gasteiger partial charge < -0.3 is 23.7 Å². The minimum atomic E-state index is -1.47. The Bertz CT molecular complexity index is 995. The van der Waals surface area contributed by atoms with E-state index in [2.05, 4.69) is 0 Å². The van der Waals surface area contributed by atoms with Crippen LogP contribution in [0.5, 0.6) is 0 Å². The Morgan fingerprint density at radius 1 is 0.609 bits per heavy atom. The molecule has 2 fully saturated rings. The van der Waals surface area contributed by atoms with Crippen molar-refractivity contribution in [2.24, 2.45) is 34.5 Å². The summed E-state index contributed by atoms with van der Waals surface area (Å²) in [5.41, 5.74) is -2.46. The predicted molar refractivity (Wildman–Crippen MR) is 172 cm³/mol. The first-order valence-corrected chi connectivity index (χ1v) is 17.9. The molecule has 0 aliphatic heterocycles. The number of hydrogen-bond acceptors (Lipinski definition) is 10. The third-order valence-corrected chi connectivity index (χ3v) is 9.77. The molecule has 0 aromatic heterocycles. The SMILES string of the molecule is CCCCOC(=O)CC(C(=O)OCCCC)C1CCC1(C(=O)OCCCC)C(C(=O)OCCCC)C1CC1(C)C(=O)OCCCC. The van der Waals surface area contributed by atoms with Crippen LogP contribution in [0, 0.1) is 34.5 Å². The van der Waals surface area contributed by atoms with Gasteiger partial charge in [0.25, 0.3) is 0 Å². The fraction of sp³-hybridized carbons (Fsp3) is 0.861. The topological polar surface area (TPSA) is 132 Å². The zero-order valence-corrected chi connectivity index (χ0v) is 29.3. The highest BCUT2D eigenvalue weighted by Crippen LogP contribution is 2.67. The van der Waals surface area contributed by atoms with Crippen molar-refractivity contribution in [3.63, 3.8) is 0 Å². The molecular formula is C36H60O10. The Morgan fingerprint density at radius 2 is 1.07 bits per heavy atom. The molecule has 0 radical (unpaired) electrons. The van der Waals surface area contributed by atoms with E-state index in [-0.39, 0.29) is 45.9 Å². The molecule has 10 heteroatoms. The number of carbonyl (C=O) groups is 5. The molecule has 46 heavy (non-hydrogen) atoms. The van der Waals surface area contributed by atoms with Crippen LogP contribution in [-0.4, -0.2) is 62.9 Å². The molecule has 2 saturated carbocycles. The quantitative estimate of drug-likeness (QED) is 0.0627. The molecule has 0 heterocycles. The third kappa shape index (κ3) is 10.2. The van der Waals surface area contributed by atoms with Gasteiger partial charge in [-0.3, -0.25) is 24.0 Å². The first-order chi connectivity index (χ1) is 22.1. The number of unbranched alkanes of at least 4 members (excludes halogenated alkanes) is 5. The lowest BCUT2D eigenvalue weighted by molar-refractivity contribution is -0.198. The molecule has 264 valence electrons. The zero-order chi connectivity index (χ0) is 34.2. The van der Waals surface area contributed by atoms with Crippen molar-refractivity contribution in [1.82, 2.24) is 0 Å². The number of ether oxygens (including phenoxy) is 5. The summed E-state index contributed by atoms with van der Waals surface area (Å²) < 4.78 is 28.3. The fourth-order valence-corrected chi connectivity index (χ4v) is 6.51. The molecule has 10 nitrogen and oxygen atoms in total. The second-order valence-corrected chi connectivity index (χ2v) is 13.3. The molecule has 2 aliphatic rings. The minimum Gasteiger partial charge on any atom is -0.466 e. The lowest BCUT2D eigenvalue weighted by Gasteiger charge is -2.53. The predicted octanol–water partition coefficient (Wildman–Crippen LogP) is 6.75. The maximum Gasteiger partial charge on any atom is 0.313 e. The van der Waals surface area contributed by atoms with Crippen LogP contribution in [-0.2, 0) is 47.7 Å². The van der Waals surface area contributed by atoms with Crippen molar-refractivity contribution in [1.29, 1.82) is 0 Å². The summed E-state index contributed by atoms with van der Waals surface area (Å²) in [5, 5.41) is 0. The smallest absolute Gasteiger partial charge is 0.313 e. The maximum atomic E-state index is 14.3. The van der Waals surface area contributed by atoms with E-state index in [1.807, 2.05) is 34.6 Å². The number of rotatable bonds is 24. The van der Waals surface area contributed by atoms with Gasteiger partial charge in [0.2, 0.25) is 0 Å². The first kappa shape index (κ1) is 39.5. The lowest BCUT2D eigenvalue weighted by atomic mass is 9.48. The Morgan fingerprint density at radius 3 is 1.54 bits per heavy atom. The first-order valence-electron chi connectivity index (χ1n) is 17.9. The highest BCUT2D eigenvalue weighted by atomic mass is 16.6. The summed E-state index contributed by atoms with van der Waals surface area (Å²) in [6.07, 6.45) is 8.20. The van der Waals surface area contributed by atoms with Crippen LogP contribution >= 0.6 is 0 Å². The van der Waals surface area contributed by atoms with Crippen LogP contribution in [0.3, 0.4) is 0 Å². The van der Waals surface area contributed by atoms with Gasteiger partial charge in [0.1, 0.15) is 0 Å². The van der Waals surface area contributed by atoms with Gasteiger partial charge in [-0.1, -0.05) is 66.7 Å². The average Bonchev–Trinajstić information content (AvgIpc) is 3.70. The summed E-state index contributed by atoms with van der Waals surface area (Å²) >= 11 is 0. The van der Waals surface area contributed by atoms with Gasteiger partial charge >= 0.3 is 29.8 Å². The fourth-order valence-electron chi connectivity index (χ4n) is 6.51. The lowest BCUT2D eigenvalue weighted by Crippen LogP contribution is -2.60. The van der Waals surface area contributed by atoms with E-state index in [1.165, 1.54) is 0 Å². The minimum absolute atomic E-state index is 0.160. The van der Waals surface area contributed by atoms with Crippen molar-refractivity contribution in [3.05, 3.63) is 0 Å². The van der Waals surface area contributed by atoms with Crippen LogP contribution < -0.4 is 0 Å². The standard InChI is InChI=1S/C36H60O10/c1-7-12-19-42-29(37)24-26(31(38)43-20-13-8-2)27-17-18-36(27,34(41)46-23-16-11-5)30(32(39)44-21-14-9-3)28-25-35(28,6)33(40)45-22-15-10-4/h26-28,30H,7-25H2,1-6H3. The Labute approximate surface area is 276 Å². The second-order valence-electron chi connectivity index (χ2n) is 13.3. The largest absolute Gasteiger partial charge is 0.466 e. The summed E-state index contributed by atoms with van der Waals surface area (Å²) in [6.45, 7) is 12.7. The van der Waals surface area contributed by atoms with Gasteiger partial charge in [0.15, 0.2) is 0 Å². The Kier molecular flexibility index (Phi) is 17.1. The van der Waals surface area contributed by atoms with Gasteiger partial charge in [0.05, 0.1) is 62.1 Å². The molecule has 2 aliphatic carbocycles. The average molecular weight is 653 g/mol. The van der Waals surface area contributed by atoms with E-state index < -0.39 is 64.3 Å². The summed E-state index contributed by atoms with van der Waals surface area (Å²) in [4.78, 5) is 68.5. The molecule has 6 unspecified atom stereocenters. The highest BCUT2D eigenvalue weighted by Gasteiger charge is 2.73. The van der Waals surface area contributed by atoms with Crippen molar-refractivity contribution in [2.45, 2.75) is 131 Å². The van der Waals surface area contributed by atoms with Crippen LogP contribution in [0.2, 0.25) is 0 Å². The van der Waals surface area contributed by atoms with Crippen LogP contribution in [0.15, 0.2) is 0 Å². The molecule has 0 bridgehead atoms. The van der Waals surface area contributed by atoms with Crippen molar-refractivity contribution >= 4 is 29.8 Å². The number of hydrogen-bond donors (Lipinski definition) is 0. The Balaban J connectivity index is 2.58. The molecule has 0 aromatic rings. The van der Waals surface area contributed by atoms with Crippen molar-refractivity contribution < 1.29 is 47.7 Å². The van der Waals surface area contributed by atoms with Gasteiger partial charge in [-0.2, -0.15) is 0 Å². The monoisotopic (exact) mass is 652 g/mol. The molecular weight excluding hydrogens is 592 g/mol. The van der Waals surface area contributed by atoms with E-state index in [4.69, 9.17) is 23.7 Å². The molecule has 0 spiro atoms. The van der Waals surface area contributed by atoms with Gasteiger partial charge in [-0.05, 0) is 70.1 Å². The highest BCUT2D eigenvalue weighted by molar-refractivity contribution is 5.91. The van der Waals surface area contributed by atoms with Gasteiger partial charge in [-0.25, -0.2) is 0 Å². The van der Waals surface area contributed by atoms with E-state index in [0.717, 1.165) is 38.5 Å². The van der Waals surface area contributed by atoms with Crippen molar-refractivity contribution in [3.8, 4) is 0 Å². The van der Waals surface area contributed by atoms with E-state index in [0.29, 0.717) is 38.5 Å². The maximum absolute atomic E-state index is 14.3. The molecule has 2 rings (SSSR count). The Hall–Kier alpha value is -2.65. The van der Waals surface area contributed by atoms with Crippen molar-refractivity contribution in [2.75, 3.05) is 33.0 Å². The molecule has 0 aromatic carbocycles. The molecule has 6 atom stereocenters. The molecule has 0 saturated heterocycles. The normalized spacial score (nSPS) is 24.6. The van der Waals surface area contributed by atoms with Gasteiger partial charge in [-0.15, -0.1) is 0 Å². The second kappa shape index (κ2) is 19.9. The van der Waals surface area contributed by atoms with E-state index in [1.54, 1.807) is 6.92 Å². The van der Waals surface area contributed by atoms with E-state index >= 15 is 0 Å². The van der Waals surface area contributed by atoms with Crippen LogP contribution in [0.1, 0.15) is 131 Å². The summed E-state index contributed by atoms with van der Waals surface area (Å²) in [5.74, 6) is -6.08. The summed E-state index contributed by atoms with van der Waals surface area (Å²) in [6, 6.07) is 0. The molecule has 0 amide bonds. The van der Waals surface area contributed by atoms with Crippen LogP contribution in [0.25, 0.3) is 0 Å². The van der Waals surface area contributed by atoms with E-state index in [9.17, 15) is 24.0 Å². The zero-order valence-electron chi connectivity index (χ0n) is 29.3. The number of esters is 5. The van der Waals surface area contributed by atoms with Crippen LogP contribution in [0.4, 0.5) is 0 Å². The number of carbonyl (C=O) groups excluding carboxylic acids is 5.